The average Bonchev–Trinajstić information content (AvgIpc) is 2.61. The monoisotopic (exact) mass is 203 g/mol. The summed E-state index contributed by atoms with van der Waals surface area (Å²) in [6.07, 6.45) is 0.364. The lowest BCUT2D eigenvalue weighted by molar-refractivity contribution is -0.129. The number of carbonyl (C=O) groups excluding carboxylic acids is 1. The highest BCUT2D eigenvalue weighted by molar-refractivity contribution is 6.05. The predicted octanol–water partition coefficient (Wildman–Crippen LogP) is 0.734. The first kappa shape index (κ1) is 9.86. The van der Waals surface area contributed by atoms with Gasteiger partial charge in [0.1, 0.15) is 0 Å². The summed E-state index contributed by atoms with van der Waals surface area (Å²) in [6, 6.07) is 9.79. The molecule has 0 spiro atoms. The van der Waals surface area contributed by atoms with Crippen molar-refractivity contribution < 1.29 is 4.79 Å². The van der Waals surface area contributed by atoms with Crippen molar-refractivity contribution in [3.8, 4) is 0 Å². The van der Waals surface area contributed by atoms with E-state index in [-0.39, 0.29) is 5.91 Å². The number of nitrogens with two attached hydrogens (primary N) is 1. The third-order valence-corrected chi connectivity index (χ3v) is 2.32. The highest BCUT2D eigenvalue weighted by atomic mass is 16.2. The van der Waals surface area contributed by atoms with Gasteiger partial charge in [-0.2, -0.15) is 5.10 Å². The maximum Gasteiger partial charge on any atom is 0.248 e. The number of amides is 1. The molecule has 0 atom stereocenters. The van der Waals surface area contributed by atoms with Gasteiger partial charge in [-0.05, 0) is 5.56 Å². The lowest BCUT2D eigenvalue weighted by Gasteiger charge is -2.11. The molecule has 4 nitrogen and oxygen atoms in total. The minimum atomic E-state index is 0.0271. The second-order valence-electron chi connectivity index (χ2n) is 3.48. The van der Waals surface area contributed by atoms with Crippen molar-refractivity contribution in [2.45, 2.75) is 13.0 Å². The van der Waals surface area contributed by atoms with Crippen LogP contribution in [0, 0.1) is 0 Å². The largest absolute Gasteiger partial charge is 0.325 e. The Morgan fingerprint density at radius 2 is 2.07 bits per heavy atom. The van der Waals surface area contributed by atoms with E-state index in [1.807, 2.05) is 30.3 Å². The first-order valence-electron chi connectivity index (χ1n) is 4.90. The molecule has 0 bridgehead atoms. The van der Waals surface area contributed by atoms with Crippen LogP contribution in [-0.2, 0) is 11.3 Å². The van der Waals surface area contributed by atoms with Crippen molar-refractivity contribution >= 4 is 11.6 Å². The van der Waals surface area contributed by atoms with Crippen molar-refractivity contribution in [1.82, 2.24) is 5.01 Å². The summed E-state index contributed by atoms with van der Waals surface area (Å²) in [5.74, 6) is 0.0271. The van der Waals surface area contributed by atoms with Crippen molar-refractivity contribution in [3.05, 3.63) is 35.9 Å². The zero-order valence-corrected chi connectivity index (χ0v) is 8.39. The topological polar surface area (TPSA) is 58.7 Å². The van der Waals surface area contributed by atoms with E-state index < -0.39 is 0 Å². The van der Waals surface area contributed by atoms with Crippen LogP contribution >= 0.6 is 0 Å². The first-order chi connectivity index (χ1) is 7.29. The molecule has 0 saturated carbocycles. The molecule has 1 aliphatic heterocycles. The third kappa shape index (κ3) is 2.22. The van der Waals surface area contributed by atoms with Crippen LogP contribution < -0.4 is 5.73 Å². The molecule has 0 saturated heterocycles. The number of nitrogens with zero attached hydrogens (tertiary/aromatic N) is 2. The third-order valence-electron chi connectivity index (χ3n) is 2.32. The van der Waals surface area contributed by atoms with Crippen LogP contribution in [-0.4, -0.2) is 23.2 Å². The molecule has 1 aliphatic rings. The van der Waals surface area contributed by atoms with E-state index in [2.05, 4.69) is 5.10 Å². The maximum atomic E-state index is 11.5. The van der Waals surface area contributed by atoms with Gasteiger partial charge in [-0.25, -0.2) is 5.01 Å². The molecular weight excluding hydrogens is 190 g/mol. The lowest BCUT2D eigenvalue weighted by Crippen LogP contribution is -2.20. The van der Waals surface area contributed by atoms with E-state index >= 15 is 0 Å². The Hall–Kier alpha value is -1.68. The molecule has 2 rings (SSSR count). The van der Waals surface area contributed by atoms with E-state index in [9.17, 15) is 4.79 Å². The van der Waals surface area contributed by atoms with Gasteiger partial charge in [0.05, 0.1) is 18.7 Å². The molecule has 0 aliphatic carbocycles. The molecule has 1 heterocycles. The van der Waals surface area contributed by atoms with Crippen LogP contribution in [0.15, 0.2) is 35.4 Å². The minimum absolute atomic E-state index is 0.0271. The fourth-order valence-corrected chi connectivity index (χ4v) is 1.52. The van der Waals surface area contributed by atoms with Crippen molar-refractivity contribution in [1.29, 1.82) is 0 Å². The van der Waals surface area contributed by atoms with Crippen LogP contribution in [0.3, 0.4) is 0 Å². The maximum absolute atomic E-state index is 11.5. The SMILES string of the molecule is NCC1=NN(Cc2ccccc2)C(=O)C1. The number of benzene rings is 1. The second kappa shape index (κ2) is 4.23. The zero-order valence-electron chi connectivity index (χ0n) is 8.39. The van der Waals surface area contributed by atoms with Gasteiger partial charge < -0.3 is 5.73 Å². The van der Waals surface area contributed by atoms with Gasteiger partial charge in [0.15, 0.2) is 0 Å². The van der Waals surface area contributed by atoms with Crippen LogP contribution in [0.4, 0.5) is 0 Å². The summed E-state index contributed by atoms with van der Waals surface area (Å²) >= 11 is 0. The Morgan fingerprint density at radius 3 is 2.67 bits per heavy atom. The van der Waals surface area contributed by atoms with Crippen molar-refractivity contribution in [2.24, 2.45) is 10.8 Å². The smallest absolute Gasteiger partial charge is 0.248 e. The molecule has 0 unspecified atom stereocenters. The van der Waals surface area contributed by atoms with Crippen LogP contribution in [0.2, 0.25) is 0 Å². The highest BCUT2D eigenvalue weighted by Crippen LogP contribution is 2.12. The fourth-order valence-electron chi connectivity index (χ4n) is 1.52. The quantitative estimate of drug-likeness (QED) is 0.787. The molecule has 0 radical (unpaired) electrons. The number of hydrogen-bond acceptors (Lipinski definition) is 3. The molecule has 1 aromatic carbocycles. The number of carbonyl (C=O) groups is 1. The molecule has 1 aromatic rings. The van der Waals surface area contributed by atoms with E-state index in [4.69, 9.17) is 5.73 Å². The molecule has 4 heteroatoms. The van der Waals surface area contributed by atoms with Gasteiger partial charge in [0.25, 0.3) is 0 Å². The summed E-state index contributed by atoms with van der Waals surface area (Å²) in [5, 5.41) is 5.64. The standard InChI is InChI=1S/C11H13N3O/c12-7-10-6-11(15)14(13-10)8-9-4-2-1-3-5-9/h1-5H,6-8,12H2. The van der Waals surface area contributed by atoms with Crippen LogP contribution in [0.1, 0.15) is 12.0 Å². The molecule has 78 valence electrons. The summed E-state index contributed by atoms with van der Waals surface area (Å²) < 4.78 is 0. The van der Waals surface area contributed by atoms with Gasteiger partial charge in [0.2, 0.25) is 5.91 Å². The zero-order chi connectivity index (χ0) is 10.7. The van der Waals surface area contributed by atoms with Gasteiger partial charge in [-0.3, -0.25) is 4.79 Å². The summed E-state index contributed by atoms with van der Waals surface area (Å²) in [6.45, 7) is 0.889. The molecule has 1 amide bonds. The van der Waals surface area contributed by atoms with Crippen molar-refractivity contribution in [3.63, 3.8) is 0 Å². The Morgan fingerprint density at radius 1 is 1.33 bits per heavy atom. The van der Waals surface area contributed by atoms with Crippen LogP contribution in [0.25, 0.3) is 0 Å². The molecular formula is C11H13N3O. The number of rotatable bonds is 3. The highest BCUT2D eigenvalue weighted by Gasteiger charge is 2.22. The van der Waals surface area contributed by atoms with Gasteiger partial charge in [0, 0.05) is 6.54 Å². The van der Waals surface area contributed by atoms with Gasteiger partial charge >= 0.3 is 0 Å². The van der Waals surface area contributed by atoms with Crippen LogP contribution in [0.5, 0.6) is 0 Å². The number of hydrogen-bond donors (Lipinski definition) is 1. The summed E-state index contributed by atoms with van der Waals surface area (Å²) in [4.78, 5) is 11.5. The summed E-state index contributed by atoms with van der Waals surface area (Å²) in [5.41, 5.74) is 7.28. The normalized spacial score (nSPS) is 15.7. The average molecular weight is 203 g/mol. The van der Waals surface area contributed by atoms with Gasteiger partial charge in [-0.15, -0.1) is 0 Å². The Bertz CT molecular complexity index is 386. The Kier molecular flexibility index (Phi) is 2.78. The summed E-state index contributed by atoms with van der Waals surface area (Å²) in [7, 11) is 0. The Balaban J connectivity index is 2.07. The predicted molar refractivity (Wildman–Crippen MR) is 58.1 cm³/mol. The van der Waals surface area contributed by atoms with E-state index in [0.717, 1.165) is 11.3 Å². The van der Waals surface area contributed by atoms with E-state index in [0.29, 0.717) is 19.5 Å². The molecule has 0 aromatic heterocycles. The fraction of sp³-hybridized carbons (Fsp3) is 0.273. The van der Waals surface area contributed by atoms with Crippen molar-refractivity contribution in [2.75, 3.05) is 6.54 Å². The lowest BCUT2D eigenvalue weighted by atomic mass is 10.2. The molecule has 15 heavy (non-hydrogen) atoms. The molecule has 2 N–H and O–H groups in total. The van der Waals surface area contributed by atoms with Gasteiger partial charge in [-0.1, -0.05) is 30.3 Å². The van der Waals surface area contributed by atoms with E-state index in [1.54, 1.807) is 0 Å². The molecule has 0 fully saturated rings. The van der Waals surface area contributed by atoms with E-state index in [1.165, 1.54) is 5.01 Å². The first-order valence-corrected chi connectivity index (χ1v) is 4.90. The second-order valence-corrected chi connectivity index (χ2v) is 3.48. The Labute approximate surface area is 88.4 Å². The number of hydrazone groups is 1. The minimum Gasteiger partial charge on any atom is -0.325 e.